The van der Waals surface area contributed by atoms with Crippen molar-refractivity contribution in [2.75, 3.05) is 23.8 Å². The number of carbonyl (C=O) groups is 2. The fraction of sp³-hybridized carbons (Fsp3) is 0.333. The van der Waals surface area contributed by atoms with Crippen LogP contribution in [0, 0.1) is 15.9 Å². The van der Waals surface area contributed by atoms with Crippen LogP contribution in [-0.2, 0) is 9.53 Å². The molecular formula is C18H18FN3O5S. The van der Waals surface area contributed by atoms with Gasteiger partial charge in [-0.05, 0) is 48.8 Å². The van der Waals surface area contributed by atoms with Gasteiger partial charge in [-0.1, -0.05) is 0 Å². The number of rotatable bonds is 8. The molecule has 148 valence electrons. The van der Waals surface area contributed by atoms with Gasteiger partial charge in [-0.15, -0.1) is 11.3 Å². The summed E-state index contributed by atoms with van der Waals surface area (Å²) in [6, 6.07) is 3.28. The lowest BCUT2D eigenvalue weighted by atomic mass is 10.1. The summed E-state index contributed by atoms with van der Waals surface area (Å²) < 4.78 is 18.5. The molecule has 1 aromatic carbocycles. The maximum atomic E-state index is 13.4. The van der Waals surface area contributed by atoms with Gasteiger partial charge in [0.25, 0.3) is 0 Å². The summed E-state index contributed by atoms with van der Waals surface area (Å²) in [6.45, 7) is 1.74. The topological polar surface area (TPSA) is 111 Å². The Kier molecular flexibility index (Phi) is 5.88. The van der Waals surface area contributed by atoms with Crippen LogP contribution in [0.5, 0.6) is 0 Å². The quantitative estimate of drug-likeness (QED) is 0.390. The third-order valence-corrected chi connectivity index (χ3v) is 5.08. The Hall–Kier alpha value is -3.01. The van der Waals surface area contributed by atoms with E-state index in [2.05, 4.69) is 10.6 Å². The summed E-state index contributed by atoms with van der Waals surface area (Å²) in [7, 11) is 0. The minimum absolute atomic E-state index is 0.207. The maximum absolute atomic E-state index is 13.4. The van der Waals surface area contributed by atoms with E-state index in [1.165, 1.54) is 17.4 Å². The molecule has 1 amide bonds. The van der Waals surface area contributed by atoms with E-state index in [1.807, 2.05) is 5.38 Å². The molecule has 1 heterocycles. The molecule has 1 aromatic heterocycles. The first-order valence-corrected chi connectivity index (χ1v) is 9.54. The third-order valence-electron chi connectivity index (χ3n) is 4.17. The van der Waals surface area contributed by atoms with Crippen molar-refractivity contribution in [2.24, 2.45) is 0 Å². The lowest BCUT2D eigenvalue weighted by Gasteiger charge is -2.09. The Labute approximate surface area is 163 Å². The number of nitrogens with one attached hydrogen (secondary N) is 2. The molecular weight excluding hydrogens is 389 g/mol. The molecule has 2 aromatic rings. The van der Waals surface area contributed by atoms with Crippen molar-refractivity contribution in [1.82, 2.24) is 0 Å². The van der Waals surface area contributed by atoms with Gasteiger partial charge in [-0.2, -0.15) is 4.39 Å². The number of anilines is 2. The second-order valence-corrected chi connectivity index (χ2v) is 7.09. The average Bonchev–Trinajstić information content (AvgIpc) is 3.41. The predicted octanol–water partition coefficient (Wildman–Crippen LogP) is 3.90. The van der Waals surface area contributed by atoms with Crippen molar-refractivity contribution in [2.45, 2.75) is 25.7 Å². The number of thiophene rings is 1. The molecule has 0 bridgehead atoms. The molecule has 0 saturated heterocycles. The van der Waals surface area contributed by atoms with Crippen LogP contribution in [0.2, 0.25) is 0 Å². The van der Waals surface area contributed by atoms with E-state index in [9.17, 15) is 24.1 Å². The highest BCUT2D eigenvalue weighted by Crippen LogP contribution is 2.46. The first-order valence-electron chi connectivity index (χ1n) is 8.66. The molecule has 3 rings (SSSR count). The van der Waals surface area contributed by atoms with Crippen LogP contribution in [0.25, 0.3) is 0 Å². The first kappa shape index (κ1) is 19.7. The van der Waals surface area contributed by atoms with Gasteiger partial charge in [0, 0.05) is 11.8 Å². The Morgan fingerprint density at radius 3 is 2.79 bits per heavy atom. The number of hydrogen-bond donors (Lipinski definition) is 2. The standard InChI is InChI=1S/C18H18FN3O5S/c1-2-27-18(24)16-12(10-3-4-10)9-28-17(16)21-15(23)8-20-11-5-6-13(19)14(7-11)22(25)26/h5-7,9-10,20H,2-4,8H2,1H3,(H,21,23). The first-order chi connectivity index (χ1) is 13.4. The summed E-state index contributed by atoms with van der Waals surface area (Å²) in [4.78, 5) is 34.5. The summed E-state index contributed by atoms with van der Waals surface area (Å²) in [5.41, 5.74) is 0.835. The third kappa shape index (κ3) is 4.45. The Morgan fingerprint density at radius 1 is 1.39 bits per heavy atom. The summed E-state index contributed by atoms with van der Waals surface area (Å²) in [6.07, 6.45) is 2.00. The number of benzene rings is 1. The molecule has 0 radical (unpaired) electrons. The molecule has 0 spiro atoms. The van der Waals surface area contributed by atoms with Gasteiger partial charge in [0.2, 0.25) is 11.7 Å². The average molecular weight is 407 g/mol. The van der Waals surface area contributed by atoms with Gasteiger partial charge >= 0.3 is 11.7 Å². The molecule has 1 fully saturated rings. The number of nitrogens with zero attached hydrogens (tertiary/aromatic N) is 1. The molecule has 10 heteroatoms. The van der Waals surface area contributed by atoms with Gasteiger partial charge in [0.15, 0.2) is 0 Å². The van der Waals surface area contributed by atoms with Crippen LogP contribution in [0.4, 0.5) is 20.8 Å². The SMILES string of the molecule is CCOC(=O)c1c(C2CC2)csc1NC(=O)CNc1ccc(F)c([N+](=O)[O-])c1. The normalized spacial score (nSPS) is 13.1. The predicted molar refractivity (Wildman–Crippen MR) is 102 cm³/mol. The highest BCUT2D eigenvalue weighted by atomic mass is 32.1. The van der Waals surface area contributed by atoms with Crippen LogP contribution in [0.15, 0.2) is 23.6 Å². The fourth-order valence-corrected chi connectivity index (χ4v) is 3.73. The van der Waals surface area contributed by atoms with E-state index in [-0.39, 0.29) is 18.8 Å². The molecule has 1 aliphatic carbocycles. The lowest BCUT2D eigenvalue weighted by Crippen LogP contribution is -2.22. The fourth-order valence-electron chi connectivity index (χ4n) is 2.69. The number of hydrogen-bond acceptors (Lipinski definition) is 7. The summed E-state index contributed by atoms with van der Waals surface area (Å²) in [5.74, 6) is -1.55. The molecule has 1 saturated carbocycles. The summed E-state index contributed by atoms with van der Waals surface area (Å²) in [5, 5.41) is 18.4. The van der Waals surface area contributed by atoms with E-state index in [0.717, 1.165) is 30.5 Å². The highest BCUT2D eigenvalue weighted by Gasteiger charge is 2.32. The minimum Gasteiger partial charge on any atom is -0.462 e. The van der Waals surface area contributed by atoms with Crippen molar-refractivity contribution in [3.8, 4) is 0 Å². The van der Waals surface area contributed by atoms with E-state index < -0.39 is 28.3 Å². The van der Waals surface area contributed by atoms with Crippen LogP contribution >= 0.6 is 11.3 Å². The Balaban J connectivity index is 1.68. The zero-order valence-corrected chi connectivity index (χ0v) is 15.8. The summed E-state index contributed by atoms with van der Waals surface area (Å²) >= 11 is 1.26. The molecule has 0 aliphatic heterocycles. The number of ether oxygens (including phenoxy) is 1. The van der Waals surface area contributed by atoms with Crippen molar-refractivity contribution in [3.05, 3.63) is 50.6 Å². The number of nitro benzene ring substituents is 1. The largest absolute Gasteiger partial charge is 0.462 e. The molecule has 0 atom stereocenters. The van der Waals surface area contributed by atoms with Crippen LogP contribution in [0.1, 0.15) is 41.6 Å². The van der Waals surface area contributed by atoms with Gasteiger partial charge in [-0.25, -0.2) is 4.79 Å². The number of nitro groups is 1. The highest BCUT2D eigenvalue weighted by molar-refractivity contribution is 7.15. The van der Waals surface area contributed by atoms with E-state index in [0.29, 0.717) is 16.5 Å². The second kappa shape index (κ2) is 8.34. The molecule has 2 N–H and O–H groups in total. The van der Waals surface area contributed by atoms with Crippen molar-refractivity contribution < 1.29 is 23.6 Å². The number of esters is 1. The molecule has 0 unspecified atom stereocenters. The Morgan fingerprint density at radius 2 is 2.14 bits per heavy atom. The van der Waals surface area contributed by atoms with Gasteiger partial charge in [-0.3, -0.25) is 14.9 Å². The minimum atomic E-state index is -0.953. The number of amides is 1. The van der Waals surface area contributed by atoms with Crippen molar-refractivity contribution >= 4 is 39.6 Å². The maximum Gasteiger partial charge on any atom is 0.341 e. The zero-order chi connectivity index (χ0) is 20.3. The number of halogens is 1. The smallest absolute Gasteiger partial charge is 0.341 e. The second-order valence-electron chi connectivity index (χ2n) is 6.21. The van der Waals surface area contributed by atoms with E-state index >= 15 is 0 Å². The van der Waals surface area contributed by atoms with E-state index in [4.69, 9.17) is 4.74 Å². The molecule has 1 aliphatic rings. The Bertz CT molecular complexity index is 926. The molecule has 28 heavy (non-hydrogen) atoms. The molecule has 8 nitrogen and oxygen atoms in total. The zero-order valence-electron chi connectivity index (χ0n) is 15.0. The lowest BCUT2D eigenvalue weighted by molar-refractivity contribution is -0.387. The van der Waals surface area contributed by atoms with Gasteiger partial charge in [0.05, 0.1) is 23.6 Å². The van der Waals surface area contributed by atoms with Gasteiger partial charge < -0.3 is 15.4 Å². The van der Waals surface area contributed by atoms with Crippen molar-refractivity contribution in [1.29, 1.82) is 0 Å². The van der Waals surface area contributed by atoms with Crippen LogP contribution < -0.4 is 10.6 Å². The van der Waals surface area contributed by atoms with Crippen LogP contribution in [-0.4, -0.2) is 30.0 Å². The van der Waals surface area contributed by atoms with Crippen LogP contribution in [0.3, 0.4) is 0 Å². The number of carbonyl (C=O) groups excluding carboxylic acids is 2. The van der Waals surface area contributed by atoms with E-state index in [1.54, 1.807) is 6.92 Å². The van der Waals surface area contributed by atoms with Gasteiger partial charge in [0.1, 0.15) is 5.00 Å². The monoisotopic (exact) mass is 407 g/mol. The van der Waals surface area contributed by atoms with Crippen molar-refractivity contribution in [3.63, 3.8) is 0 Å².